The van der Waals surface area contributed by atoms with E-state index in [0.717, 1.165) is 5.39 Å². The first-order valence-corrected chi connectivity index (χ1v) is 3.92. The van der Waals surface area contributed by atoms with Crippen LogP contribution in [0.15, 0.2) is 36.4 Å². The van der Waals surface area contributed by atoms with Crippen molar-refractivity contribution in [2.24, 2.45) is 0 Å². The van der Waals surface area contributed by atoms with E-state index in [0.29, 0.717) is 5.39 Å². The van der Waals surface area contributed by atoms with Crippen molar-refractivity contribution >= 4 is 17.1 Å². The molecule has 0 aliphatic heterocycles. The molecule has 1 N–H and O–H groups in total. The maximum atomic E-state index is 10.4. The predicted octanol–water partition coefficient (Wildman–Crippen LogP) is 2.00. The second-order valence-corrected chi connectivity index (χ2v) is 2.78. The van der Waals surface area contributed by atoms with Gasteiger partial charge in [0, 0.05) is 5.39 Å². The van der Waals surface area contributed by atoms with Crippen LogP contribution in [0.4, 0.5) is 0 Å². The Morgan fingerprint density at radius 2 is 1.85 bits per heavy atom. The average Bonchev–Trinajstić information content (AvgIpc) is 2.19. The molecule has 0 saturated carbocycles. The number of carbonyl (C=O) groups excluding carboxylic acids is 1. The number of phenols is 1. The van der Waals surface area contributed by atoms with Crippen LogP contribution in [0.25, 0.3) is 10.8 Å². The number of benzene rings is 2. The van der Waals surface area contributed by atoms with Crippen molar-refractivity contribution in [3.63, 3.8) is 0 Å². The summed E-state index contributed by atoms with van der Waals surface area (Å²) in [4.78, 5) is 10.4. The molecular weight excluding hydrogens is 164 g/mol. The molecule has 2 rings (SSSR count). The van der Waals surface area contributed by atoms with Gasteiger partial charge in [-0.05, 0) is 11.5 Å². The first-order valence-electron chi connectivity index (χ1n) is 3.92. The summed E-state index contributed by atoms with van der Waals surface area (Å²) in [5.74, 6) is 0.00750. The first kappa shape index (κ1) is 7.80. The number of rotatable bonds is 1. The number of aromatic hydroxyl groups is 1. The maximum absolute atomic E-state index is 10.4. The summed E-state index contributed by atoms with van der Waals surface area (Å²) in [5, 5.41) is 11.2. The molecule has 2 nitrogen and oxygen atoms in total. The number of phenolic OH excluding ortho intramolecular Hbond substituents is 1. The molecule has 0 spiro atoms. The van der Waals surface area contributed by atoms with Crippen LogP contribution in [0.1, 0.15) is 5.56 Å². The van der Waals surface area contributed by atoms with E-state index in [1.54, 1.807) is 24.5 Å². The highest BCUT2D eigenvalue weighted by Crippen LogP contribution is 2.26. The fourth-order valence-corrected chi connectivity index (χ4v) is 1.34. The Bertz CT molecular complexity index is 461. The lowest BCUT2D eigenvalue weighted by molar-refractivity contribution is 0.478. The van der Waals surface area contributed by atoms with E-state index in [1.165, 1.54) is 0 Å². The molecule has 63 valence electrons. The summed E-state index contributed by atoms with van der Waals surface area (Å²) in [5.41, 5.74) is 0.207. The van der Waals surface area contributed by atoms with Gasteiger partial charge in [-0.25, -0.2) is 0 Å². The smallest absolute Gasteiger partial charge is 0.237 e. The fourth-order valence-electron chi connectivity index (χ4n) is 1.34. The molecule has 0 aliphatic rings. The Balaban J connectivity index is 2.86. The van der Waals surface area contributed by atoms with Gasteiger partial charge < -0.3 is 5.11 Å². The van der Waals surface area contributed by atoms with Crippen LogP contribution < -0.4 is 0 Å². The van der Waals surface area contributed by atoms with Crippen LogP contribution in [-0.2, 0) is 4.79 Å². The molecule has 0 heterocycles. The zero-order valence-corrected chi connectivity index (χ0v) is 6.82. The van der Waals surface area contributed by atoms with Crippen molar-refractivity contribution in [1.82, 2.24) is 0 Å². The van der Waals surface area contributed by atoms with Gasteiger partial charge in [0.25, 0.3) is 0 Å². The molecule has 1 radical (unpaired) electrons. The van der Waals surface area contributed by atoms with Crippen LogP contribution >= 0.6 is 0 Å². The zero-order valence-electron chi connectivity index (χ0n) is 6.82. The minimum atomic E-state index is 0.00750. The molecule has 0 amide bonds. The average molecular weight is 171 g/mol. The highest BCUT2D eigenvalue weighted by atomic mass is 16.3. The molecule has 13 heavy (non-hydrogen) atoms. The minimum Gasteiger partial charge on any atom is -0.507 e. The molecule has 0 unspecified atom stereocenters. The first-order chi connectivity index (χ1) is 6.33. The van der Waals surface area contributed by atoms with Gasteiger partial charge in [0.2, 0.25) is 6.29 Å². The van der Waals surface area contributed by atoms with Gasteiger partial charge in [0.1, 0.15) is 5.75 Å². The van der Waals surface area contributed by atoms with Crippen LogP contribution in [-0.4, -0.2) is 11.4 Å². The normalized spacial score (nSPS) is 10.2. The van der Waals surface area contributed by atoms with E-state index in [-0.39, 0.29) is 11.3 Å². The molecule has 0 saturated heterocycles. The molecule has 0 aliphatic carbocycles. The summed E-state index contributed by atoms with van der Waals surface area (Å²) in [6, 6.07) is 10.7. The third-order valence-corrected chi connectivity index (χ3v) is 2.01. The summed E-state index contributed by atoms with van der Waals surface area (Å²) in [7, 11) is 0. The molecule has 2 aromatic rings. The van der Waals surface area contributed by atoms with Crippen molar-refractivity contribution < 1.29 is 9.90 Å². The summed E-state index contributed by atoms with van der Waals surface area (Å²) in [6.45, 7) is 0. The Kier molecular flexibility index (Phi) is 1.74. The standard InChI is InChI=1S/C11H7O2/c12-7-9-6-5-8-3-1-2-4-10(8)11(9)13/h1-6,13H. The van der Waals surface area contributed by atoms with Gasteiger partial charge in [-0.2, -0.15) is 0 Å². The van der Waals surface area contributed by atoms with Crippen molar-refractivity contribution in [2.75, 3.05) is 0 Å². The summed E-state index contributed by atoms with van der Waals surface area (Å²) >= 11 is 0. The van der Waals surface area contributed by atoms with E-state index in [4.69, 9.17) is 0 Å². The van der Waals surface area contributed by atoms with Gasteiger partial charge in [-0.3, -0.25) is 4.79 Å². The molecular formula is C11H7O2. The van der Waals surface area contributed by atoms with Gasteiger partial charge in [0.05, 0.1) is 5.56 Å². The van der Waals surface area contributed by atoms with Crippen LogP contribution in [0, 0.1) is 0 Å². The lowest BCUT2D eigenvalue weighted by Crippen LogP contribution is -1.82. The number of hydrogen-bond donors (Lipinski definition) is 1. The zero-order chi connectivity index (χ0) is 9.26. The van der Waals surface area contributed by atoms with E-state index in [2.05, 4.69) is 0 Å². The van der Waals surface area contributed by atoms with Gasteiger partial charge in [-0.1, -0.05) is 30.3 Å². The molecule has 2 heteroatoms. The minimum absolute atomic E-state index is 0.00750. The third kappa shape index (κ3) is 1.16. The molecule has 0 atom stereocenters. The maximum Gasteiger partial charge on any atom is 0.237 e. The SMILES string of the molecule is O=[C]c1ccc2ccccc2c1O. The van der Waals surface area contributed by atoms with Crippen LogP contribution in [0.5, 0.6) is 5.75 Å². The van der Waals surface area contributed by atoms with E-state index >= 15 is 0 Å². The van der Waals surface area contributed by atoms with Crippen molar-refractivity contribution in [2.45, 2.75) is 0 Å². The summed E-state index contributed by atoms with van der Waals surface area (Å²) < 4.78 is 0. The Labute approximate surface area is 75.4 Å². The Hall–Kier alpha value is -1.83. The third-order valence-electron chi connectivity index (χ3n) is 2.01. The lowest BCUT2D eigenvalue weighted by Gasteiger charge is -2.01. The number of fused-ring (bicyclic) bond motifs is 1. The van der Waals surface area contributed by atoms with Crippen LogP contribution in [0.2, 0.25) is 0 Å². The summed E-state index contributed by atoms with van der Waals surface area (Å²) in [6.07, 6.45) is 1.69. The van der Waals surface area contributed by atoms with Crippen molar-refractivity contribution in [3.05, 3.63) is 42.0 Å². The van der Waals surface area contributed by atoms with Gasteiger partial charge >= 0.3 is 0 Å². The molecule has 0 fully saturated rings. The monoisotopic (exact) mass is 171 g/mol. The Morgan fingerprint density at radius 1 is 1.08 bits per heavy atom. The molecule has 0 aromatic heterocycles. The predicted molar refractivity (Wildman–Crippen MR) is 50.4 cm³/mol. The lowest BCUT2D eigenvalue weighted by atomic mass is 10.1. The van der Waals surface area contributed by atoms with Crippen molar-refractivity contribution in [3.8, 4) is 5.75 Å². The highest BCUT2D eigenvalue weighted by molar-refractivity contribution is 5.95. The van der Waals surface area contributed by atoms with Crippen LogP contribution in [0.3, 0.4) is 0 Å². The second kappa shape index (κ2) is 2.90. The number of hydrogen-bond acceptors (Lipinski definition) is 2. The molecule has 2 aromatic carbocycles. The van der Waals surface area contributed by atoms with E-state index < -0.39 is 0 Å². The Morgan fingerprint density at radius 3 is 2.62 bits per heavy atom. The van der Waals surface area contributed by atoms with Crippen molar-refractivity contribution in [1.29, 1.82) is 0 Å². The molecule has 0 bridgehead atoms. The second-order valence-electron chi connectivity index (χ2n) is 2.78. The van der Waals surface area contributed by atoms with Gasteiger partial charge in [0.15, 0.2) is 0 Å². The van der Waals surface area contributed by atoms with E-state index in [1.807, 2.05) is 18.2 Å². The van der Waals surface area contributed by atoms with E-state index in [9.17, 15) is 9.90 Å². The topological polar surface area (TPSA) is 37.3 Å². The highest BCUT2D eigenvalue weighted by Gasteiger charge is 2.04. The quantitative estimate of drug-likeness (QED) is 0.712. The van der Waals surface area contributed by atoms with Gasteiger partial charge in [-0.15, -0.1) is 0 Å². The fraction of sp³-hybridized carbons (Fsp3) is 0. The largest absolute Gasteiger partial charge is 0.507 e.